The van der Waals surface area contributed by atoms with Gasteiger partial charge in [0.1, 0.15) is 0 Å². The Hall–Kier alpha value is -0.570. The highest BCUT2D eigenvalue weighted by Crippen LogP contribution is 2.38. The summed E-state index contributed by atoms with van der Waals surface area (Å²) in [6, 6.07) is 1.86. The minimum atomic E-state index is 0.186. The van der Waals surface area contributed by atoms with Gasteiger partial charge in [0.15, 0.2) is 0 Å². The lowest BCUT2D eigenvalue weighted by atomic mass is 9.78. The maximum absolute atomic E-state index is 9.45. The van der Waals surface area contributed by atoms with Gasteiger partial charge < -0.3 is 5.11 Å². The fraction of sp³-hybridized carbons (Fsp3) is 0.800. The number of nitrogens with zero attached hydrogens (tertiary/aromatic N) is 1. The Kier molecular flexibility index (Phi) is 6.69. The van der Waals surface area contributed by atoms with Crippen LogP contribution in [0.2, 0.25) is 0 Å². The Bertz CT molecular complexity index is 337. The summed E-state index contributed by atoms with van der Waals surface area (Å²) in [6.07, 6.45) is 10.1. The lowest BCUT2D eigenvalue weighted by Gasteiger charge is -2.28. The molecule has 0 aliphatic carbocycles. The molecule has 1 aromatic rings. The molecule has 18 heavy (non-hydrogen) atoms. The second-order valence-electron chi connectivity index (χ2n) is 5.52. The van der Waals surface area contributed by atoms with Gasteiger partial charge in [0.2, 0.25) is 5.88 Å². The Morgan fingerprint density at radius 2 is 1.78 bits per heavy atom. The summed E-state index contributed by atoms with van der Waals surface area (Å²) in [7, 11) is 0. The normalized spacial score (nSPS) is 14.6. The zero-order chi connectivity index (χ0) is 13.4. The van der Waals surface area contributed by atoms with Crippen LogP contribution in [0.15, 0.2) is 6.07 Å². The monoisotopic (exact) mass is 269 g/mol. The molecule has 2 nitrogen and oxygen atoms in total. The quantitative estimate of drug-likeness (QED) is 0.620. The van der Waals surface area contributed by atoms with E-state index in [-0.39, 0.29) is 11.3 Å². The van der Waals surface area contributed by atoms with E-state index in [0.29, 0.717) is 0 Å². The molecule has 1 atom stereocenters. The molecule has 1 N–H and O–H groups in total. The Labute approximate surface area is 116 Å². The molecule has 0 aliphatic rings. The lowest BCUT2D eigenvalue weighted by Crippen LogP contribution is -2.20. The summed E-state index contributed by atoms with van der Waals surface area (Å²) in [4.78, 5) is 1.25. The fourth-order valence-corrected chi connectivity index (χ4v) is 3.26. The summed E-state index contributed by atoms with van der Waals surface area (Å²) >= 11 is 1.47. The molecule has 1 heterocycles. The van der Waals surface area contributed by atoms with Crippen LogP contribution in [-0.4, -0.2) is 9.48 Å². The molecule has 1 rings (SSSR count). The Balaban J connectivity index is 2.62. The van der Waals surface area contributed by atoms with Crippen LogP contribution >= 0.6 is 11.5 Å². The van der Waals surface area contributed by atoms with E-state index < -0.39 is 0 Å². The van der Waals surface area contributed by atoms with Crippen molar-refractivity contribution in [2.24, 2.45) is 0 Å². The first-order valence-electron chi connectivity index (χ1n) is 7.28. The van der Waals surface area contributed by atoms with Gasteiger partial charge in [-0.05, 0) is 24.4 Å². The van der Waals surface area contributed by atoms with Crippen molar-refractivity contribution in [2.75, 3.05) is 0 Å². The predicted molar refractivity (Wildman–Crippen MR) is 79.4 cm³/mol. The maximum atomic E-state index is 9.45. The van der Waals surface area contributed by atoms with Crippen LogP contribution in [0.1, 0.15) is 77.0 Å². The highest BCUT2D eigenvalue weighted by molar-refractivity contribution is 7.06. The number of aromatic hydroxyl groups is 1. The molecular formula is C15H27NOS. The zero-order valence-corrected chi connectivity index (χ0v) is 12.9. The van der Waals surface area contributed by atoms with Gasteiger partial charge in [-0.15, -0.1) is 0 Å². The molecule has 0 bridgehead atoms. The van der Waals surface area contributed by atoms with Crippen LogP contribution in [0, 0.1) is 0 Å². The summed E-state index contributed by atoms with van der Waals surface area (Å²) in [6.45, 7) is 6.82. The van der Waals surface area contributed by atoms with Crippen molar-refractivity contribution in [1.82, 2.24) is 4.37 Å². The molecule has 0 aliphatic heterocycles. The summed E-state index contributed by atoms with van der Waals surface area (Å²) in [5, 5.41) is 9.45. The van der Waals surface area contributed by atoms with Crippen LogP contribution < -0.4 is 0 Å². The van der Waals surface area contributed by atoms with Gasteiger partial charge in [-0.2, -0.15) is 4.37 Å². The van der Waals surface area contributed by atoms with Gasteiger partial charge in [-0.25, -0.2) is 0 Å². The van der Waals surface area contributed by atoms with Gasteiger partial charge in [0.25, 0.3) is 0 Å². The minimum absolute atomic E-state index is 0.186. The molecule has 3 heteroatoms. The van der Waals surface area contributed by atoms with Crippen molar-refractivity contribution < 1.29 is 5.11 Å². The van der Waals surface area contributed by atoms with Gasteiger partial charge in [-0.3, -0.25) is 0 Å². The summed E-state index contributed by atoms with van der Waals surface area (Å²) in [5.74, 6) is 0.186. The molecule has 1 aromatic heterocycles. The standard InChI is InChI=1S/C15H27NOS/c1-4-6-8-9-11-15(3,10-7-5-2)13-12-14(17)16-18-13/h12H,4-11H2,1-3H3,(H,16,17). The SMILES string of the molecule is CCCCCCC(C)(CCCC)c1cc(O)ns1. The fourth-order valence-electron chi connectivity index (χ4n) is 2.43. The van der Waals surface area contributed by atoms with E-state index in [9.17, 15) is 5.11 Å². The first kappa shape index (κ1) is 15.5. The molecule has 104 valence electrons. The third-order valence-electron chi connectivity index (χ3n) is 3.76. The zero-order valence-electron chi connectivity index (χ0n) is 12.0. The van der Waals surface area contributed by atoms with Gasteiger partial charge in [-0.1, -0.05) is 59.3 Å². The largest absolute Gasteiger partial charge is 0.493 e. The van der Waals surface area contributed by atoms with E-state index in [4.69, 9.17) is 0 Å². The van der Waals surface area contributed by atoms with Gasteiger partial charge in [0.05, 0.1) is 0 Å². The number of rotatable bonds is 9. The highest BCUT2D eigenvalue weighted by atomic mass is 32.1. The first-order chi connectivity index (χ1) is 8.62. The summed E-state index contributed by atoms with van der Waals surface area (Å²) < 4.78 is 4.03. The molecular weight excluding hydrogens is 242 g/mol. The second kappa shape index (κ2) is 7.78. The number of aromatic nitrogens is 1. The first-order valence-corrected chi connectivity index (χ1v) is 8.06. The topological polar surface area (TPSA) is 33.1 Å². The number of unbranched alkanes of at least 4 members (excludes halogenated alkanes) is 4. The van der Waals surface area contributed by atoms with Crippen molar-refractivity contribution in [3.63, 3.8) is 0 Å². The molecule has 0 amide bonds. The van der Waals surface area contributed by atoms with Crippen LogP contribution in [-0.2, 0) is 5.41 Å². The molecule has 0 radical (unpaired) electrons. The highest BCUT2D eigenvalue weighted by Gasteiger charge is 2.28. The molecule has 1 unspecified atom stereocenters. The third kappa shape index (κ3) is 4.60. The summed E-state index contributed by atoms with van der Waals surface area (Å²) in [5.41, 5.74) is 0.211. The minimum Gasteiger partial charge on any atom is -0.493 e. The van der Waals surface area contributed by atoms with Crippen molar-refractivity contribution in [3.8, 4) is 5.88 Å². The molecule has 0 spiro atoms. The van der Waals surface area contributed by atoms with E-state index in [0.717, 1.165) is 0 Å². The van der Waals surface area contributed by atoms with Crippen molar-refractivity contribution in [1.29, 1.82) is 0 Å². The van der Waals surface area contributed by atoms with E-state index in [1.807, 2.05) is 6.07 Å². The molecule has 0 aromatic carbocycles. The molecule has 0 fully saturated rings. The van der Waals surface area contributed by atoms with Crippen LogP contribution in [0.25, 0.3) is 0 Å². The predicted octanol–water partition coefficient (Wildman–Crippen LogP) is 5.27. The number of hydrogen-bond acceptors (Lipinski definition) is 3. The van der Waals surface area contributed by atoms with Crippen molar-refractivity contribution in [2.45, 2.75) is 77.6 Å². The van der Waals surface area contributed by atoms with Crippen molar-refractivity contribution >= 4 is 11.5 Å². The molecule has 0 saturated heterocycles. The van der Waals surface area contributed by atoms with E-state index >= 15 is 0 Å². The molecule has 0 saturated carbocycles. The van der Waals surface area contributed by atoms with Gasteiger partial charge in [0, 0.05) is 16.4 Å². The number of hydrogen-bond donors (Lipinski definition) is 1. The third-order valence-corrected chi connectivity index (χ3v) is 4.84. The second-order valence-corrected chi connectivity index (χ2v) is 6.33. The van der Waals surface area contributed by atoms with E-state index in [1.54, 1.807) is 0 Å². The lowest BCUT2D eigenvalue weighted by molar-refractivity contribution is 0.374. The average Bonchev–Trinajstić information content (AvgIpc) is 2.80. The Morgan fingerprint density at radius 1 is 1.11 bits per heavy atom. The van der Waals surface area contributed by atoms with Gasteiger partial charge >= 0.3 is 0 Å². The Morgan fingerprint density at radius 3 is 2.33 bits per heavy atom. The van der Waals surface area contributed by atoms with E-state index in [1.165, 1.54) is 67.8 Å². The van der Waals surface area contributed by atoms with Crippen LogP contribution in [0.3, 0.4) is 0 Å². The maximum Gasteiger partial charge on any atom is 0.222 e. The van der Waals surface area contributed by atoms with Crippen molar-refractivity contribution in [3.05, 3.63) is 10.9 Å². The smallest absolute Gasteiger partial charge is 0.222 e. The van der Waals surface area contributed by atoms with E-state index in [2.05, 4.69) is 25.1 Å². The van der Waals surface area contributed by atoms with Crippen LogP contribution in [0.5, 0.6) is 5.88 Å². The average molecular weight is 269 g/mol. The van der Waals surface area contributed by atoms with Crippen LogP contribution in [0.4, 0.5) is 0 Å².